The Kier molecular flexibility index (Phi) is 8.31. The molecule has 0 saturated heterocycles. The van der Waals surface area contributed by atoms with E-state index in [1.165, 1.54) is 0 Å². The second-order valence-corrected chi connectivity index (χ2v) is 2.51. The summed E-state index contributed by atoms with van der Waals surface area (Å²) < 4.78 is 0. The number of carboxylic acid groups (broad SMARTS) is 4. The molecule has 16 heavy (non-hydrogen) atoms. The molecule has 0 unspecified atom stereocenters. The fourth-order valence-corrected chi connectivity index (χ4v) is 0.405. The van der Waals surface area contributed by atoms with Crippen LogP contribution in [0.15, 0.2) is 0 Å². The number of hydrogen-bond donors (Lipinski definition) is 5. The van der Waals surface area contributed by atoms with Gasteiger partial charge in [-0.15, -0.1) is 0 Å². The maximum absolute atomic E-state index is 9.85. The van der Waals surface area contributed by atoms with E-state index >= 15 is 0 Å². The molecule has 0 aromatic rings. The van der Waals surface area contributed by atoms with Crippen molar-refractivity contribution in [3.05, 3.63) is 0 Å². The molecule has 0 radical (unpaired) electrons. The zero-order valence-electron chi connectivity index (χ0n) is 7.99. The molecule has 0 saturated carbocycles. The third-order valence-electron chi connectivity index (χ3n) is 1.01. The minimum Gasteiger partial charge on any atom is -0.481 e. The summed E-state index contributed by atoms with van der Waals surface area (Å²) in [6.45, 7) is 0. The molecule has 0 aliphatic carbocycles. The van der Waals surface area contributed by atoms with Crippen molar-refractivity contribution in [2.75, 3.05) is 0 Å². The lowest BCUT2D eigenvalue weighted by molar-refractivity contribution is -0.147. The molecular formula is C7H11NO8. The highest BCUT2D eigenvalue weighted by atomic mass is 16.4. The van der Waals surface area contributed by atoms with Crippen LogP contribution in [0, 0.1) is 0 Å². The van der Waals surface area contributed by atoms with Crippen molar-refractivity contribution in [2.24, 2.45) is 5.73 Å². The Morgan fingerprint density at radius 1 is 0.875 bits per heavy atom. The summed E-state index contributed by atoms with van der Waals surface area (Å²) in [5.74, 6) is -5.12. The van der Waals surface area contributed by atoms with Crippen molar-refractivity contribution < 1.29 is 39.6 Å². The standard InChI is InChI=1S/C4H7NO4.C3H4O4/c5-2(4(8)9)1-3(6)7;4-2(5)1-3(6)7/h2H,1,5H2,(H,6,7)(H,8,9);1H2,(H,4,5)(H,6,7)/t2-;/m0./s1. The minimum atomic E-state index is -1.31. The van der Waals surface area contributed by atoms with Gasteiger partial charge < -0.3 is 26.2 Å². The number of nitrogens with two attached hydrogens (primary N) is 1. The number of rotatable bonds is 5. The normalized spacial score (nSPS) is 10.6. The van der Waals surface area contributed by atoms with Crippen LogP contribution in [-0.4, -0.2) is 50.3 Å². The Morgan fingerprint density at radius 2 is 1.25 bits per heavy atom. The maximum atomic E-state index is 9.85. The first-order valence-corrected chi connectivity index (χ1v) is 3.80. The molecule has 0 amide bonds. The van der Waals surface area contributed by atoms with Crippen LogP contribution in [0.3, 0.4) is 0 Å². The SMILES string of the molecule is N[C@@H](CC(=O)O)C(=O)O.O=C(O)CC(=O)O. The molecule has 0 aliphatic rings. The summed E-state index contributed by atoms with van der Waals surface area (Å²) in [6, 6.07) is -1.29. The van der Waals surface area contributed by atoms with Crippen LogP contribution >= 0.6 is 0 Å². The van der Waals surface area contributed by atoms with E-state index in [0.29, 0.717) is 0 Å². The first kappa shape index (κ1) is 16.3. The third kappa shape index (κ3) is 14.4. The van der Waals surface area contributed by atoms with E-state index < -0.39 is 42.8 Å². The van der Waals surface area contributed by atoms with Gasteiger partial charge in [-0.1, -0.05) is 0 Å². The van der Waals surface area contributed by atoms with Gasteiger partial charge in [-0.2, -0.15) is 0 Å². The second kappa shape index (κ2) is 8.17. The molecule has 0 aromatic heterocycles. The van der Waals surface area contributed by atoms with E-state index in [-0.39, 0.29) is 0 Å². The highest BCUT2D eigenvalue weighted by Gasteiger charge is 2.14. The van der Waals surface area contributed by atoms with Gasteiger partial charge in [-0.25, -0.2) is 0 Å². The van der Waals surface area contributed by atoms with Gasteiger partial charge in [0.25, 0.3) is 0 Å². The van der Waals surface area contributed by atoms with Gasteiger partial charge >= 0.3 is 23.9 Å². The van der Waals surface area contributed by atoms with Gasteiger partial charge in [0, 0.05) is 0 Å². The fraction of sp³-hybridized carbons (Fsp3) is 0.429. The van der Waals surface area contributed by atoms with Gasteiger partial charge in [0.1, 0.15) is 12.5 Å². The van der Waals surface area contributed by atoms with Gasteiger partial charge in [0.15, 0.2) is 0 Å². The van der Waals surface area contributed by atoms with Crippen LogP contribution in [-0.2, 0) is 19.2 Å². The third-order valence-corrected chi connectivity index (χ3v) is 1.01. The second-order valence-electron chi connectivity index (χ2n) is 2.51. The molecule has 9 heteroatoms. The van der Waals surface area contributed by atoms with Gasteiger partial charge in [-0.3, -0.25) is 19.2 Å². The van der Waals surface area contributed by atoms with Crippen LogP contribution in [0.1, 0.15) is 12.8 Å². The summed E-state index contributed by atoms with van der Waals surface area (Å²) in [4.78, 5) is 38.5. The smallest absolute Gasteiger partial charge is 0.321 e. The summed E-state index contributed by atoms with van der Waals surface area (Å²) in [7, 11) is 0. The van der Waals surface area contributed by atoms with E-state index in [4.69, 9.17) is 26.2 Å². The molecule has 92 valence electrons. The Hall–Kier alpha value is -2.16. The van der Waals surface area contributed by atoms with Crippen molar-refractivity contribution in [1.82, 2.24) is 0 Å². The molecule has 0 fully saturated rings. The van der Waals surface area contributed by atoms with Crippen molar-refractivity contribution in [3.63, 3.8) is 0 Å². The molecule has 0 spiro atoms. The highest BCUT2D eigenvalue weighted by molar-refractivity contribution is 5.88. The van der Waals surface area contributed by atoms with E-state index in [1.807, 2.05) is 0 Å². The average Bonchev–Trinajstić information content (AvgIpc) is 2.00. The molecule has 1 atom stereocenters. The number of carbonyl (C=O) groups is 4. The summed E-state index contributed by atoms with van der Waals surface area (Å²) in [6.07, 6.45) is -1.34. The zero-order valence-corrected chi connectivity index (χ0v) is 7.99. The molecule has 0 aromatic carbocycles. The van der Waals surface area contributed by atoms with Crippen LogP contribution in [0.5, 0.6) is 0 Å². The quantitative estimate of drug-likeness (QED) is 0.353. The lowest BCUT2D eigenvalue weighted by atomic mass is 10.2. The lowest BCUT2D eigenvalue weighted by Crippen LogP contribution is -2.32. The van der Waals surface area contributed by atoms with Crippen LogP contribution in [0.4, 0.5) is 0 Å². The van der Waals surface area contributed by atoms with Gasteiger partial charge in [0.05, 0.1) is 6.42 Å². The van der Waals surface area contributed by atoms with Crippen molar-refractivity contribution >= 4 is 23.9 Å². The first-order valence-electron chi connectivity index (χ1n) is 3.80. The topological polar surface area (TPSA) is 175 Å². The summed E-state index contributed by atoms with van der Waals surface area (Å²) in [5, 5.41) is 31.4. The fourth-order valence-electron chi connectivity index (χ4n) is 0.405. The molecular weight excluding hydrogens is 226 g/mol. The Balaban J connectivity index is 0. The number of hydrogen-bond acceptors (Lipinski definition) is 5. The Morgan fingerprint density at radius 3 is 1.31 bits per heavy atom. The van der Waals surface area contributed by atoms with Crippen molar-refractivity contribution in [3.8, 4) is 0 Å². The number of aliphatic carboxylic acids is 4. The molecule has 0 aliphatic heterocycles. The van der Waals surface area contributed by atoms with E-state index in [1.54, 1.807) is 0 Å². The Labute approximate surface area is 89.1 Å². The Bertz CT molecular complexity index is 274. The molecule has 0 rings (SSSR count). The van der Waals surface area contributed by atoms with E-state index in [0.717, 1.165) is 0 Å². The summed E-state index contributed by atoms with van der Waals surface area (Å²) in [5.41, 5.74) is 4.84. The van der Waals surface area contributed by atoms with Gasteiger partial charge in [0.2, 0.25) is 0 Å². The van der Waals surface area contributed by atoms with E-state index in [9.17, 15) is 19.2 Å². The molecule has 9 nitrogen and oxygen atoms in total. The largest absolute Gasteiger partial charge is 0.481 e. The van der Waals surface area contributed by atoms with Crippen LogP contribution in [0.2, 0.25) is 0 Å². The van der Waals surface area contributed by atoms with Crippen molar-refractivity contribution in [1.29, 1.82) is 0 Å². The van der Waals surface area contributed by atoms with Crippen LogP contribution in [0.25, 0.3) is 0 Å². The molecule has 0 bridgehead atoms. The zero-order chi connectivity index (χ0) is 13.3. The summed E-state index contributed by atoms with van der Waals surface area (Å²) >= 11 is 0. The predicted molar refractivity (Wildman–Crippen MR) is 47.8 cm³/mol. The van der Waals surface area contributed by atoms with Crippen LogP contribution < -0.4 is 5.73 Å². The van der Waals surface area contributed by atoms with E-state index in [2.05, 4.69) is 0 Å². The monoisotopic (exact) mass is 237 g/mol. The lowest BCUT2D eigenvalue weighted by Gasteiger charge is -1.99. The van der Waals surface area contributed by atoms with Gasteiger partial charge in [-0.05, 0) is 0 Å². The predicted octanol–water partition coefficient (Wildman–Crippen LogP) is -1.58. The molecule has 6 N–H and O–H groups in total. The maximum Gasteiger partial charge on any atom is 0.321 e. The van der Waals surface area contributed by atoms with Crippen molar-refractivity contribution in [2.45, 2.75) is 18.9 Å². The average molecular weight is 237 g/mol. The number of carboxylic acids is 4. The molecule has 0 heterocycles. The minimum absolute atomic E-state index is 0.532. The highest BCUT2D eigenvalue weighted by Crippen LogP contribution is 1.86. The first-order chi connectivity index (χ1) is 7.16.